The number of hydrogen-bond acceptors (Lipinski definition) is 0. The van der Waals surface area contributed by atoms with Crippen LogP contribution in [0.25, 0.3) is 0 Å². The SMILES string of the molecule is CC1=C(C)C[C-]=C1.CC1=C(C)C[C-]=C1.C[C](C)=[Zr+2].[Cl-].[Cl-]. The van der Waals surface area contributed by atoms with Crippen molar-refractivity contribution in [3.05, 3.63) is 46.6 Å². The van der Waals surface area contributed by atoms with Crippen molar-refractivity contribution in [1.29, 1.82) is 0 Å². The molecule has 0 heterocycles. The topological polar surface area (TPSA) is 0 Å². The molecule has 0 radical (unpaired) electrons. The second kappa shape index (κ2) is 14.2. The zero-order chi connectivity index (χ0) is 14.1. The summed E-state index contributed by atoms with van der Waals surface area (Å²) >= 11 is 1.55. The number of allylic oxidation sites excluding steroid dienone is 8. The van der Waals surface area contributed by atoms with Crippen molar-refractivity contribution in [2.45, 2.75) is 54.4 Å². The third-order valence-electron chi connectivity index (χ3n) is 2.72. The fourth-order valence-corrected chi connectivity index (χ4v) is 1.24. The van der Waals surface area contributed by atoms with Gasteiger partial charge in [-0.15, -0.1) is 26.7 Å². The van der Waals surface area contributed by atoms with E-state index in [1.165, 1.54) is 25.5 Å². The first kappa shape index (κ1) is 25.3. The Morgan fingerprint density at radius 2 is 1.10 bits per heavy atom. The van der Waals surface area contributed by atoms with Gasteiger partial charge in [0.25, 0.3) is 0 Å². The summed E-state index contributed by atoms with van der Waals surface area (Å²) in [4.78, 5) is 0. The monoisotopic (exact) mass is 388 g/mol. The molecule has 0 bridgehead atoms. The fourth-order valence-electron chi connectivity index (χ4n) is 1.24. The predicted molar refractivity (Wildman–Crippen MR) is 78.0 cm³/mol. The van der Waals surface area contributed by atoms with Gasteiger partial charge in [0.15, 0.2) is 0 Å². The zero-order valence-corrected chi connectivity index (χ0v) is 17.3. The summed E-state index contributed by atoms with van der Waals surface area (Å²) in [6.07, 6.45) is 12.4. The summed E-state index contributed by atoms with van der Waals surface area (Å²) in [6, 6.07) is 0. The van der Waals surface area contributed by atoms with E-state index in [1.807, 2.05) is 0 Å². The molecule has 2 aliphatic rings. The van der Waals surface area contributed by atoms with Gasteiger partial charge in [-0.1, -0.05) is 13.8 Å². The molecule has 0 N–H and O–H groups in total. The van der Waals surface area contributed by atoms with E-state index in [1.54, 1.807) is 24.2 Å². The summed E-state index contributed by atoms with van der Waals surface area (Å²) < 4.78 is 1.51. The van der Waals surface area contributed by atoms with Gasteiger partial charge in [-0.3, -0.25) is 12.2 Å². The Kier molecular flexibility index (Phi) is 18.0. The van der Waals surface area contributed by atoms with Crippen LogP contribution in [0.1, 0.15) is 54.4 Å². The molecule has 0 aromatic heterocycles. The van der Waals surface area contributed by atoms with E-state index in [4.69, 9.17) is 0 Å². The van der Waals surface area contributed by atoms with Crippen molar-refractivity contribution in [1.82, 2.24) is 0 Å². The third-order valence-corrected chi connectivity index (χ3v) is 2.72. The minimum absolute atomic E-state index is 0. The first-order valence-electron chi connectivity index (χ1n) is 6.32. The fraction of sp³-hybridized carbons (Fsp3) is 0.471. The molecule has 0 saturated carbocycles. The normalized spacial score (nSPS) is 14.8. The molecule has 3 heteroatoms. The van der Waals surface area contributed by atoms with Gasteiger partial charge in [0.1, 0.15) is 0 Å². The average Bonchev–Trinajstić information content (AvgIpc) is 2.79. The van der Waals surface area contributed by atoms with Gasteiger partial charge in [-0.05, 0) is 0 Å². The van der Waals surface area contributed by atoms with Crippen LogP contribution in [-0.4, -0.2) is 3.21 Å². The summed E-state index contributed by atoms with van der Waals surface area (Å²) in [5, 5.41) is 0. The minimum atomic E-state index is 0. The van der Waals surface area contributed by atoms with Crippen LogP contribution in [0.4, 0.5) is 0 Å². The van der Waals surface area contributed by atoms with E-state index in [9.17, 15) is 0 Å². The van der Waals surface area contributed by atoms with Crippen molar-refractivity contribution >= 4 is 3.21 Å². The molecule has 0 saturated heterocycles. The Balaban J connectivity index is -0.000000215. The second-order valence-corrected chi connectivity index (χ2v) is 7.44. The standard InChI is InChI=1S/2C7H9.C3H6.2ClH.Zr/c2*1-6-4-3-5-7(6)2;1-3-2;;;/h2*4H,5H2,1-2H3;1-2H3;2*1H;/q2*-1;;;;+2/p-2. The maximum Gasteiger partial charge on any atom is -1.00 e. The van der Waals surface area contributed by atoms with Crippen LogP contribution in [-0.2, 0) is 24.2 Å². The first-order valence-corrected chi connectivity index (χ1v) is 7.55. The van der Waals surface area contributed by atoms with Gasteiger partial charge in [0, 0.05) is 0 Å². The average molecular weight is 391 g/mol. The Morgan fingerprint density at radius 3 is 1.15 bits per heavy atom. The van der Waals surface area contributed by atoms with E-state index in [0.29, 0.717) is 0 Å². The molecule has 0 aromatic carbocycles. The van der Waals surface area contributed by atoms with E-state index in [0.717, 1.165) is 12.8 Å². The smallest absolute Gasteiger partial charge is 1.00 e. The molecule has 2 aliphatic carbocycles. The summed E-state index contributed by atoms with van der Waals surface area (Å²) in [6.45, 7) is 12.8. The number of halogens is 2. The largest absolute Gasteiger partial charge is 1.00 e. The quantitative estimate of drug-likeness (QED) is 0.462. The van der Waals surface area contributed by atoms with Gasteiger partial charge >= 0.3 is 41.3 Å². The van der Waals surface area contributed by atoms with E-state index in [-0.39, 0.29) is 24.8 Å². The summed E-state index contributed by atoms with van der Waals surface area (Å²) in [5.41, 5.74) is 5.69. The van der Waals surface area contributed by atoms with E-state index in [2.05, 4.69) is 65.8 Å². The van der Waals surface area contributed by atoms with Crippen molar-refractivity contribution in [3.63, 3.8) is 0 Å². The molecule has 0 amide bonds. The zero-order valence-electron chi connectivity index (χ0n) is 13.3. The number of rotatable bonds is 0. The van der Waals surface area contributed by atoms with Crippen molar-refractivity contribution in [2.75, 3.05) is 0 Å². The molecule has 0 aliphatic heterocycles. The maximum atomic E-state index is 3.12. The van der Waals surface area contributed by atoms with Gasteiger partial charge in [-0.2, -0.15) is 11.1 Å². The molecular weight excluding hydrogens is 366 g/mol. The van der Waals surface area contributed by atoms with Crippen molar-refractivity contribution in [3.8, 4) is 0 Å². The Labute approximate surface area is 152 Å². The van der Waals surface area contributed by atoms with Crippen LogP contribution < -0.4 is 24.8 Å². The molecule has 20 heavy (non-hydrogen) atoms. The number of hydrogen-bond donors (Lipinski definition) is 0. The molecule has 0 atom stereocenters. The Hall–Kier alpha value is 0.293. The van der Waals surface area contributed by atoms with Crippen LogP contribution in [0, 0.1) is 12.2 Å². The molecule has 0 unspecified atom stereocenters. The first-order chi connectivity index (χ1) is 8.34. The molecule has 0 aromatic rings. The Morgan fingerprint density at radius 1 is 0.850 bits per heavy atom. The van der Waals surface area contributed by atoms with E-state index < -0.39 is 0 Å². The molecule has 2 rings (SSSR count). The third kappa shape index (κ3) is 13.3. The summed E-state index contributed by atoms with van der Waals surface area (Å²) in [7, 11) is 0. The van der Waals surface area contributed by atoms with Gasteiger partial charge in [0.05, 0.1) is 0 Å². The molecule has 0 spiro atoms. The van der Waals surface area contributed by atoms with Gasteiger partial charge in [-0.25, -0.2) is 23.3 Å². The second-order valence-electron chi connectivity index (χ2n) is 4.98. The molecular formula is C17H24Cl2Zr-2. The van der Waals surface area contributed by atoms with Crippen molar-refractivity contribution < 1.29 is 49.0 Å². The molecule has 0 fully saturated rings. The van der Waals surface area contributed by atoms with Crippen LogP contribution >= 0.6 is 0 Å². The van der Waals surface area contributed by atoms with E-state index >= 15 is 0 Å². The Bertz CT molecular complexity index is 375. The maximum absolute atomic E-state index is 3.12. The predicted octanol–water partition coefficient (Wildman–Crippen LogP) is -1.07. The van der Waals surface area contributed by atoms with Gasteiger partial charge in [0.2, 0.25) is 0 Å². The van der Waals surface area contributed by atoms with Crippen LogP contribution in [0.2, 0.25) is 0 Å². The van der Waals surface area contributed by atoms with Crippen LogP contribution in [0.5, 0.6) is 0 Å². The summed E-state index contributed by atoms with van der Waals surface area (Å²) in [5.74, 6) is 0. The molecule has 0 nitrogen and oxygen atoms in total. The minimum Gasteiger partial charge on any atom is -1.00 e. The van der Waals surface area contributed by atoms with Crippen molar-refractivity contribution in [2.24, 2.45) is 0 Å². The molecule has 112 valence electrons. The van der Waals surface area contributed by atoms with Crippen LogP contribution in [0.3, 0.4) is 0 Å². The van der Waals surface area contributed by atoms with Crippen LogP contribution in [0.15, 0.2) is 34.4 Å². The van der Waals surface area contributed by atoms with Gasteiger partial charge < -0.3 is 24.8 Å².